The molecule has 0 aliphatic carbocycles. The summed E-state index contributed by atoms with van der Waals surface area (Å²) in [5, 5.41) is -0.339. The fourth-order valence-corrected chi connectivity index (χ4v) is 1.80. The maximum absolute atomic E-state index is 10.6. The highest BCUT2D eigenvalue weighted by atomic mass is 35.5. The molecule has 0 unspecified atom stereocenters. The smallest absolute Gasteiger partial charge is 0.222 e. The Morgan fingerprint density at radius 2 is 1.58 bits per heavy atom. The summed E-state index contributed by atoms with van der Waals surface area (Å²) >= 11 is 5.24. The van der Waals surface area contributed by atoms with Gasteiger partial charge in [-0.1, -0.05) is 54.3 Å². The van der Waals surface area contributed by atoms with Crippen LogP contribution in [-0.4, -0.2) is 5.24 Å². The first kappa shape index (κ1) is 13.4. The molecule has 0 bridgehead atoms. The second-order valence-electron chi connectivity index (χ2n) is 4.10. The first-order valence-corrected chi connectivity index (χ1v) is 6.46. The van der Waals surface area contributed by atoms with Crippen LogP contribution in [0, 0.1) is 11.8 Å². The molecule has 1 nitrogen and oxygen atoms in total. The number of carbonyl (C=O) groups excluding carboxylic acids is 1. The molecular formula is C17H13ClO. The average molecular weight is 269 g/mol. The van der Waals surface area contributed by atoms with E-state index in [2.05, 4.69) is 24.0 Å². The van der Waals surface area contributed by atoms with Gasteiger partial charge in [-0.3, -0.25) is 4.79 Å². The van der Waals surface area contributed by atoms with Crippen molar-refractivity contribution in [3.63, 3.8) is 0 Å². The standard InChI is InChI=1S/C17H13ClO/c18-17(19)9-5-4-6-14-10-12-16(13-11-14)15-7-2-1-3-8-15/h1-3,7-8,10-13H,5,9H2. The zero-order valence-electron chi connectivity index (χ0n) is 10.4. The highest BCUT2D eigenvalue weighted by Crippen LogP contribution is 2.18. The van der Waals surface area contributed by atoms with E-state index in [1.165, 1.54) is 11.1 Å². The zero-order valence-corrected chi connectivity index (χ0v) is 11.2. The molecule has 0 atom stereocenters. The van der Waals surface area contributed by atoms with Crippen molar-refractivity contribution in [2.45, 2.75) is 12.8 Å². The van der Waals surface area contributed by atoms with Gasteiger partial charge in [0.05, 0.1) is 0 Å². The van der Waals surface area contributed by atoms with Crippen LogP contribution in [0.5, 0.6) is 0 Å². The van der Waals surface area contributed by atoms with Crippen molar-refractivity contribution in [1.29, 1.82) is 0 Å². The fraction of sp³-hybridized carbons (Fsp3) is 0.118. The number of carbonyl (C=O) groups is 1. The summed E-state index contributed by atoms with van der Waals surface area (Å²) in [7, 11) is 0. The Labute approximate surface area is 118 Å². The minimum Gasteiger partial charge on any atom is -0.281 e. The van der Waals surface area contributed by atoms with Gasteiger partial charge in [0, 0.05) is 18.4 Å². The quantitative estimate of drug-likeness (QED) is 0.601. The third kappa shape index (κ3) is 4.28. The third-order valence-corrected chi connectivity index (χ3v) is 2.86. The van der Waals surface area contributed by atoms with Gasteiger partial charge < -0.3 is 0 Å². The van der Waals surface area contributed by atoms with Crippen molar-refractivity contribution in [3.8, 4) is 23.0 Å². The first-order chi connectivity index (χ1) is 9.25. The molecule has 0 saturated heterocycles. The van der Waals surface area contributed by atoms with Gasteiger partial charge >= 0.3 is 0 Å². The second kappa shape index (κ2) is 6.78. The van der Waals surface area contributed by atoms with Gasteiger partial charge in [0.1, 0.15) is 0 Å². The molecule has 0 aromatic heterocycles. The van der Waals surface area contributed by atoms with E-state index < -0.39 is 0 Å². The highest BCUT2D eigenvalue weighted by molar-refractivity contribution is 6.63. The van der Waals surface area contributed by atoms with Gasteiger partial charge in [0.25, 0.3) is 0 Å². The molecule has 0 N–H and O–H groups in total. The molecular weight excluding hydrogens is 256 g/mol. The summed E-state index contributed by atoms with van der Waals surface area (Å²) in [6.45, 7) is 0. The van der Waals surface area contributed by atoms with Crippen LogP contribution in [0.3, 0.4) is 0 Å². The average Bonchev–Trinajstić information content (AvgIpc) is 2.45. The van der Waals surface area contributed by atoms with E-state index >= 15 is 0 Å². The Morgan fingerprint density at radius 1 is 0.947 bits per heavy atom. The number of rotatable bonds is 3. The number of benzene rings is 2. The van der Waals surface area contributed by atoms with E-state index in [9.17, 15) is 4.79 Å². The summed E-state index contributed by atoms with van der Waals surface area (Å²) in [5.41, 5.74) is 3.30. The maximum Gasteiger partial charge on any atom is 0.222 e. The molecule has 0 fully saturated rings. The van der Waals surface area contributed by atoms with Crippen LogP contribution in [0.1, 0.15) is 18.4 Å². The molecule has 2 rings (SSSR count). The van der Waals surface area contributed by atoms with Gasteiger partial charge in [-0.25, -0.2) is 0 Å². The van der Waals surface area contributed by atoms with Crippen molar-refractivity contribution in [2.75, 3.05) is 0 Å². The van der Waals surface area contributed by atoms with E-state index in [0.29, 0.717) is 12.8 Å². The Kier molecular flexibility index (Phi) is 4.78. The van der Waals surface area contributed by atoms with E-state index in [4.69, 9.17) is 11.6 Å². The Bertz CT molecular complexity index is 603. The lowest BCUT2D eigenvalue weighted by Crippen LogP contribution is -1.83. The summed E-state index contributed by atoms with van der Waals surface area (Å²) in [5.74, 6) is 5.95. The van der Waals surface area contributed by atoms with Gasteiger partial charge in [0.15, 0.2) is 0 Å². The number of hydrogen-bond donors (Lipinski definition) is 0. The molecule has 0 radical (unpaired) electrons. The lowest BCUT2D eigenvalue weighted by Gasteiger charge is -2.00. The van der Waals surface area contributed by atoms with Gasteiger partial charge in [-0.15, -0.1) is 0 Å². The Morgan fingerprint density at radius 3 is 2.21 bits per heavy atom. The summed E-state index contributed by atoms with van der Waals surface area (Å²) in [6.07, 6.45) is 0.805. The molecule has 0 amide bonds. The molecule has 0 aliphatic rings. The minimum atomic E-state index is -0.339. The van der Waals surface area contributed by atoms with Crippen LogP contribution in [-0.2, 0) is 4.79 Å². The van der Waals surface area contributed by atoms with Gasteiger partial charge in [-0.2, -0.15) is 0 Å². The van der Waals surface area contributed by atoms with Crippen molar-refractivity contribution in [1.82, 2.24) is 0 Å². The van der Waals surface area contributed by atoms with Crippen LogP contribution in [0.4, 0.5) is 0 Å². The fourth-order valence-electron chi connectivity index (χ4n) is 1.70. The molecule has 19 heavy (non-hydrogen) atoms. The molecule has 0 aliphatic heterocycles. The maximum atomic E-state index is 10.6. The molecule has 2 aromatic carbocycles. The van der Waals surface area contributed by atoms with E-state index in [1.807, 2.05) is 42.5 Å². The Balaban J connectivity index is 2.05. The molecule has 0 spiro atoms. The van der Waals surface area contributed by atoms with Gasteiger partial charge in [0.2, 0.25) is 5.24 Å². The number of hydrogen-bond acceptors (Lipinski definition) is 1. The third-order valence-electron chi connectivity index (χ3n) is 2.67. The van der Waals surface area contributed by atoms with E-state index in [-0.39, 0.29) is 5.24 Å². The second-order valence-corrected chi connectivity index (χ2v) is 4.52. The summed E-state index contributed by atoms with van der Waals surface area (Å²) in [6, 6.07) is 18.3. The van der Waals surface area contributed by atoms with Crippen LogP contribution in [0.15, 0.2) is 54.6 Å². The topological polar surface area (TPSA) is 17.1 Å². The highest BCUT2D eigenvalue weighted by Gasteiger charge is 1.95. The molecule has 0 saturated carbocycles. The molecule has 2 heteroatoms. The summed E-state index contributed by atoms with van der Waals surface area (Å²) < 4.78 is 0. The monoisotopic (exact) mass is 268 g/mol. The van der Waals surface area contributed by atoms with E-state index in [1.54, 1.807) is 0 Å². The lowest BCUT2D eigenvalue weighted by atomic mass is 10.0. The lowest BCUT2D eigenvalue weighted by molar-refractivity contribution is -0.111. The van der Waals surface area contributed by atoms with Crippen LogP contribution in [0.25, 0.3) is 11.1 Å². The van der Waals surface area contributed by atoms with Crippen LogP contribution >= 0.6 is 11.6 Å². The largest absolute Gasteiger partial charge is 0.281 e. The van der Waals surface area contributed by atoms with Crippen molar-refractivity contribution in [2.24, 2.45) is 0 Å². The molecule has 94 valence electrons. The van der Waals surface area contributed by atoms with Crippen molar-refractivity contribution < 1.29 is 4.79 Å². The Hall–Kier alpha value is -2.04. The van der Waals surface area contributed by atoms with Crippen molar-refractivity contribution >= 4 is 16.8 Å². The normalized spacial score (nSPS) is 9.53. The predicted octanol–water partition coefficient (Wildman–Crippen LogP) is 4.25. The first-order valence-electron chi connectivity index (χ1n) is 6.08. The zero-order chi connectivity index (χ0) is 13.5. The van der Waals surface area contributed by atoms with Gasteiger partial charge in [-0.05, 0) is 34.9 Å². The van der Waals surface area contributed by atoms with Crippen LogP contribution in [0.2, 0.25) is 0 Å². The minimum absolute atomic E-state index is 0.302. The number of halogens is 1. The molecule has 0 heterocycles. The van der Waals surface area contributed by atoms with E-state index in [0.717, 1.165) is 5.56 Å². The predicted molar refractivity (Wildman–Crippen MR) is 78.9 cm³/mol. The SMILES string of the molecule is O=C(Cl)CCC#Cc1ccc(-c2ccccc2)cc1. The summed E-state index contributed by atoms with van der Waals surface area (Å²) in [4.78, 5) is 10.6. The van der Waals surface area contributed by atoms with Crippen molar-refractivity contribution in [3.05, 3.63) is 60.2 Å². The van der Waals surface area contributed by atoms with Crippen LogP contribution < -0.4 is 0 Å². The molecule has 2 aromatic rings.